The summed E-state index contributed by atoms with van der Waals surface area (Å²) in [6.45, 7) is 5.62. The lowest BCUT2D eigenvalue weighted by Gasteiger charge is -2.27. The van der Waals surface area contributed by atoms with Crippen LogP contribution in [0.25, 0.3) is 0 Å². The Labute approximate surface area is 108 Å². The van der Waals surface area contributed by atoms with Gasteiger partial charge in [0, 0.05) is 13.1 Å². The van der Waals surface area contributed by atoms with Gasteiger partial charge >= 0.3 is 6.03 Å². The Hall–Kier alpha value is -1.14. The lowest BCUT2D eigenvalue weighted by atomic mass is 9.98. The Morgan fingerprint density at radius 3 is 2.61 bits per heavy atom. The van der Waals surface area contributed by atoms with Crippen molar-refractivity contribution in [2.24, 2.45) is 5.92 Å². The number of carbonyl (C=O) groups is 2. The summed E-state index contributed by atoms with van der Waals surface area (Å²) in [5.41, 5.74) is 0. The highest BCUT2D eigenvalue weighted by molar-refractivity contribution is 5.95. The van der Waals surface area contributed by atoms with Crippen molar-refractivity contribution in [1.29, 1.82) is 0 Å². The van der Waals surface area contributed by atoms with E-state index in [0.717, 1.165) is 32.5 Å². The number of hydrogen-bond donors (Lipinski definition) is 3. The fraction of sp³-hybridized carbons (Fsp3) is 0.833. The molecule has 0 aromatic heterocycles. The van der Waals surface area contributed by atoms with Gasteiger partial charge in [0.05, 0.1) is 6.54 Å². The Kier molecular flexibility index (Phi) is 6.67. The van der Waals surface area contributed by atoms with Gasteiger partial charge in [0.1, 0.15) is 0 Å². The van der Waals surface area contributed by atoms with Gasteiger partial charge in [0.25, 0.3) is 0 Å². The summed E-state index contributed by atoms with van der Waals surface area (Å²) in [6.07, 6.45) is 2.31. The van der Waals surface area contributed by atoms with E-state index in [1.54, 1.807) is 0 Å². The molecule has 104 valence electrons. The fourth-order valence-electron chi connectivity index (χ4n) is 2.19. The second-order valence-electron chi connectivity index (χ2n) is 4.80. The van der Waals surface area contributed by atoms with Gasteiger partial charge in [0.15, 0.2) is 0 Å². The van der Waals surface area contributed by atoms with Gasteiger partial charge in [-0.15, -0.1) is 0 Å². The SMILES string of the molecule is CCNC(=O)NC(=O)CN(C)CC1CCNCC1. The lowest BCUT2D eigenvalue weighted by Crippen LogP contribution is -2.45. The Morgan fingerprint density at radius 2 is 2.00 bits per heavy atom. The molecule has 0 bridgehead atoms. The highest BCUT2D eigenvalue weighted by Crippen LogP contribution is 2.12. The van der Waals surface area contributed by atoms with E-state index in [1.807, 2.05) is 18.9 Å². The van der Waals surface area contributed by atoms with Gasteiger partial charge in [0.2, 0.25) is 5.91 Å². The number of imide groups is 1. The summed E-state index contributed by atoms with van der Waals surface area (Å²) in [4.78, 5) is 24.7. The summed E-state index contributed by atoms with van der Waals surface area (Å²) >= 11 is 0. The number of amides is 3. The molecular formula is C12H24N4O2. The third-order valence-electron chi connectivity index (χ3n) is 3.03. The van der Waals surface area contributed by atoms with E-state index in [4.69, 9.17) is 0 Å². The van der Waals surface area contributed by atoms with Crippen LogP contribution in [-0.4, -0.2) is 56.6 Å². The molecule has 3 N–H and O–H groups in total. The maximum Gasteiger partial charge on any atom is 0.321 e. The van der Waals surface area contributed by atoms with Gasteiger partial charge in [-0.2, -0.15) is 0 Å². The van der Waals surface area contributed by atoms with E-state index >= 15 is 0 Å². The Morgan fingerprint density at radius 1 is 1.33 bits per heavy atom. The molecule has 1 fully saturated rings. The second-order valence-corrected chi connectivity index (χ2v) is 4.80. The van der Waals surface area contributed by atoms with E-state index in [1.165, 1.54) is 0 Å². The quantitative estimate of drug-likeness (QED) is 0.635. The molecule has 0 spiro atoms. The van der Waals surface area contributed by atoms with Crippen molar-refractivity contribution in [3.63, 3.8) is 0 Å². The van der Waals surface area contributed by atoms with Gasteiger partial charge in [-0.05, 0) is 45.8 Å². The van der Waals surface area contributed by atoms with Crippen LogP contribution in [-0.2, 0) is 4.79 Å². The van der Waals surface area contributed by atoms with Crippen molar-refractivity contribution in [2.45, 2.75) is 19.8 Å². The number of nitrogens with one attached hydrogen (secondary N) is 3. The van der Waals surface area contributed by atoms with Crippen LogP contribution in [0.15, 0.2) is 0 Å². The number of piperidine rings is 1. The summed E-state index contributed by atoms with van der Waals surface area (Å²) in [6, 6.07) is -0.419. The molecule has 0 saturated carbocycles. The molecule has 0 aliphatic carbocycles. The van der Waals surface area contributed by atoms with E-state index < -0.39 is 6.03 Å². The van der Waals surface area contributed by atoms with Gasteiger partial charge < -0.3 is 10.6 Å². The van der Waals surface area contributed by atoms with E-state index in [-0.39, 0.29) is 12.5 Å². The van der Waals surface area contributed by atoms with Gasteiger partial charge in [-0.3, -0.25) is 15.0 Å². The molecule has 0 aromatic carbocycles. The Bertz CT molecular complexity index is 277. The van der Waals surface area contributed by atoms with Crippen molar-refractivity contribution in [1.82, 2.24) is 20.9 Å². The molecule has 1 aliphatic rings. The number of urea groups is 1. The molecule has 0 aromatic rings. The minimum Gasteiger partial charge on any atom is -0.338 e. The van der Waals surface area contributed by atoms with Crippen LogP contribution in [0.1, 0.15) is 19.8 Å². The molecule has 3 amide bonds. The highest BCUT2D eigenvalue weighted by atomic mass is 16.2. The predicted octanol–water partition coefficient (Wildman–Crippen LogP) is -0.236. The molecule has 1 aliphatic heterocycles. The third kappa shape index (κ3) is 5.97. The van der Waals surface area contributed by atoms with Crippen molar-refractivity contribution in [3.05, 3.63) is 0 Å². The maximum absolute atomic E-state index is 11.6. The second kappa shape index (κ2) is 8.05. The van der Waals surface area contributed by atoms with Crippen LogP contribution in [0.3, 0.4) is 0 Å². The first-order valence-corrected chi connectivity index (χ1v) is 6.58. The number of rotatable bonds is 5. The van der Waals surface area contributed by atoms with Gasteiger partial charge in [-0.25, -0.2) is 4.79 Å². The van der Waals surface area contributed by atoms with Crippen molar-refractivity contribution < 1.29 is 9.59 Å². The molecule has 6 nitrogen and oxygen atoms in total. The largest absolute Gasteiger partial charge is 0.338 e. The molecular weight excluding hydrogens is 232 g/mol. The first kappa shape index (κ1) is 14.9. The van der Waals surface area contributed by atoms with Crippen LogP contribution >= 0.6 is 0 Å². The predicted molar refractivity (Wildman–Crippen MR) is 70.3 cm³/mol. The van der Waals surface area contributed by atoms with E-state index in [0.29, 0.717) is 12.5 Å². The minimum absolute atomic E-state index is 0.252. The van der Waals surface area contributed by atoms with Crippen LogP contribution in [0, 0.1) is 5.92 Å². The average molecular weight is 256 g/mol. The van der Waals surface area contributed by atoms with E-state index in [9.17, 15) is 9.59 Å². The maximum atomic E-state index is 11.6. The zero-order valence-electron chi connectivity index (χ0n) is 11.3. The minimum atomic E-state index is -0.419. The summed E-state index contributed by atoms with van der Waals surface area (Å²) < 4.78 is 0. The molecule has 0 radical (unpaired) electrons. The van der Waals surface area contributed by atoms with E-state index in [2.05, 4.69) is 16.0 Å². The topological polar surface area (TPSA) is 73.5 Å². The van der Waals surface area contributed by atoms with Crippen molar-refractivity contribution in [3.8, 4) is 0 Å². The summed E-state index contributed by atoms with van der Waals surface area (Å²) in [7, 11) is 1.92. The molecule has 0 atom stereocenters. The van der Waals surface area contributed by atoms with Crippen molar-refractivity contribution >= 4 is 11.9 Å². The summed E-state index contributed by atoms with van der Waals surface area (Å²) in [5.74, 6) is 0.394. The third-order valence-corrected chi connectivity index (χ3v) is 3.03. The zero-order valence-corrected chi connectivity index (χ0v) is 11.3. The molecule has 18 heavy (non-hydrogen) atoms. The normalized spacial score (nSPS) is 16.6. The average Bonchev–Trinajstić information content (AvgIpc) is 2.29. The molecule has 1 saturated heterocycles. The van der Waals surface area contributed by atoms with Crippen LogP contribution in [0.5, 0.6) is 0 Å². The number of carbonyl (C=O) groups excluding carboxylic acids is 2. The summed E-state index contributed by atoms with van der Waals surface area (Å²) in [5, 5.41) is 8.16. The number of hydrogen-bond acceptors (Lipinski definition) is 4. The standard InChI is InChI=1S/C12H24N4O2/c1-3-14-12(18)15-11(17)9-16(2)8-10-4-6-13-7-5-10/h10,13H,3-9H2,1-2H3,(H2,14,15,17,18). The van der Waals surface area contributed by atoms with Gasteiger partial charge in [-0.1, -0.05) is 0 Å². The molecule has 6 heteroatoms. The fourth-order valence-corrected chi connectivity index (χ4v) is 2.19. The lowest BCUT2D eigenvalue weighted by molar-refractivity contribution is -0.121. The zero-order chi connectivity index (χ0) is 13.4. The first-order chi connectivity index (χ1) is 8.61. The molecule has 1 heterocycles. The van der Waals surface area contributed by atoms with Crippen molar-refractivity contribution in [2.75, 3.05) is 39.8 Å². The van der Waals surface area contributed by atoms with Crippen LogP contribution in [0.2, 0.25) is 0 Å². The van der Waals surface area contributed by atoms with Crippen LogP contribution < -0.4 is 16.0 Å². The monoisotopic (exact) mass is 256 g/mol. The number of nitrogens with zero attached hydrogens (tertiary/aromatic N) is 1. The molecule has 1 rings (SSSR count). The highest BCUT2D eigenvalue weighted by Gasteiger charge is 2.17. The molecule has 0 unspecified atom stereocenters. The first-order valence-electron chi connectivity index (χ1n) is 6.58. The smallest absolute Gasteiger partial charge is 0.321 e. The van der Waals surface area contributed by atoms with Crippen LogP contribution in [0.4, 0.5) is 4.79 Å². The Balaban J connectivity index is 2.19. The number of likely N-dealkylation sites (N-methyl/N-ethyl adjacent to an activating group) is 1.